The van der Waals surface area contributed by atoms with Crippen LogP contribution in [-0.4, -0.2) is 35.2 Å². The molecule has 2 unspecified atom stereocenters. The molecule has 0 radical (unpaired) electrons. The smallest absolute Gasteiger partial charge is 0.251 e. The zero-order chi connectivity index (χ0) is 15.1. The van der Waals surface area contributed by atoms with Crippen molar-refractivity contribution in [2.24, 2.45) is 0 Å². The molecule has 0 aliphatic heterocycles. The Labute approximate surface area is 130 Å². The highest BCUT2D eigenvalue weighted by Gasteiger charge is 2.25. The standard InChI is InChI=1S/C17H21NO2S/c1-21-16-9-8-15(12-16)18-17(20)14-7-4-6-13(11-14)5-2-3-10-19/h4,6-7,11,15-16,19H,3,8-10,12H2,1H3,(H,18,20). The van der Waals surface area contributed by atoms with Gasteiger partial charge in [0.25, 0.3) is 5.91 Å². The quantitative estimate of drug-likeness (QED) is 0.840. The van der Waals surface area contributed by atoms with E-state index in [0.717, 1.165) is 18.4 Å². The van der Waals surface area contributed by atoms with Crippen LogP contribution in [0.3, 0.4) is 0 Å². The molecule has 2 rings (SSSR count). The minimum absolute atomic E-state index is 0.0208. The molecule has 21 heavy (non-hydrogen) atoms. The van der Waals surface area contributed by atoms with Crippen molar-refractivity contribution < 1.29 is 9.90 Å². The molecule has 1 aromatic rings. The number of thioether (sulfide) groups is 1. The van der Waals surface area contributed by atoms with Crippen molar-refractivity contribution in [3.05, 3.63) is 35.4 Å². The topological polar surface area (TPSA) is 49.3 Å². The number of carbonyl (C=O) groups excluding carboxylic acids is 1. The van der Waals surface area contributed by atoms with Gasteiger partial charge in [0.15, 0.2) is 0 Å². The molecule has 0 aromatic heterocycles. The van der Waals surface area contributed by atoms with Crippen molar-refractivity contribution in [1.82, 2.24) is 5.32 Å². The predicted molar refractivity (Wildman–Crippen MR) is 87.4 cm³/mol. The Morgan fingerprint density at radius 2 is 2.33 bits per heavy atom. The fourth-order valence-corrected chi connectivity index (χ4v) is 3.31. The number of nitrogens with one attached hydrogen (secondary N) is 1. The van der Waals surface area contributed by atoms with E-state index in [2.05, 4.69) is 23.4 Å². The van der Waals surface area contributed by atoms with Crippen LogP contribution in [-0.2, 0) is 0 Å². The van der Waals surface area contributed by atoms with Gasteiger partial charge in [-0.1, -0.05) is 17.9 Å². The summed E-state index contributed by atoms with van der Waals surface area (Å²) in [6.07, 6.45) is 5.88. The highest BCUT2D eigenvalue weighted by molar-refractivity contribution is 7.99. The lowest BCUT2D eigenvalue weighted by molar-refractivity contribution is 0.0938. The second-order valence-electron chi connectivity index (χ2n) is 5.20. The molecular weight excluding hydrogens is 282 g/mol. The Balaban J connectivity index is 1.97. The van der Waals surface area contributed by atoms with Crippen molar-refractivity contribution in [2.75, 3.05) is 12.9 Å². The van der Waals surface area contributed by atoms with Crippen molar-refractivity contribution in [3.8, 4) is 11.8 Å². The maximum absolute atomic E-state index is 12.3. The molecule has 1 saturated carbocycles. The Morgan fingerprint density at radius 3 is 3.05 bits per heavy atom. The normalized spacial score (nSPS) is 20.7. The van der Waals surface area contributed by atoms with Gasteiger partial charge in [0, 0.05) is 28.8 Å². The average Bonchev–Trinajstić information content (AvgIpc) is 2.95. The fourth-order valence-electron chi connectivity index (χ4n) is 2.51. The summed E-state index contributed by atoms with van der Waals surface area (Å²) in [5, 5.41) is 12.5. The number of rotatable bonds is 4. The van der Waals surface area contributed by atoms with Crippen molar-refractivity contribution in [3.63, 3.8) is 0 Å². The predicted octanol–water partition coefficient (Wildman–Crippen LogP) is 2.43. The minimum Gasteiger partial charge on any atom is -0.395 e. The number of carbonyl (C=O) groups is 1. The van der Waals surface area contributed by atoms with Crippen LogP contribution in [0.1, 0.15) is 41.6 Å². The van der Waals surface area contributed by atoms with Crippen molar-refractivity contribution in [2.45, 2.75) is 37.0 Å². The zero-order valence-electron chi connectivity index (χ0n) is 12.3. The lowest BCUT2D eigenvalue weighted by atomic mass is 10.1. The number of hydrogen-bond acceptors (Lipinski definition) is 3. The first-order valence-corrected chi connectivity index (χ1v) is 8.55. The molecule has 2 atom stereocenters. The molecule has 1 fully saturated rings. The molecule has 0 heterocycles. The number of amides is 1. The Bertz CT molecular complexity index is 547. The third-order valence-corrected chi connectivity index (χ3v) is 4.74. The summed E-state index contributed by atoms with van der Waals surface area (Å²) in [4.78, 5) is 12.3. The monoisotopic (exact) mass is 303 g/mol. The first-order chi connectivity index (χ1) is 10.2. The molecule has 1 amide bonds. The van der Waals surface area contributed by atoms with Crippen LogP contribution in [0, 0.1) is 11.8 Å². The summed E-state index contributed by atoms with van der Waals surface area (Å²) in [5.74, 6) is 5.81. The summed E-state index contributed by atoms with van der Waals surface area (Å²) >= 11 is 1.88. The molecule has 0 saturated heterocycles. The van der Waals surface area contributed by atoms with Gasteiger partial charge in [-0.2, -0.15) is 11.8 Å². The first kappa shape index (κ1) is 15.9. The SMILES string of the molecule is CSC1CCC(NC(=O)c2cccc(C#CCCO)c2)C1. The van der Waals surface area contributed by atoms with E-state index in [1.54, 1.807) is 6.07 Å². The van der Waals surface area contributed by atoms with E-state index in [-0.39, 0.29) is 12.5 Å². The largest absolute Gasteiger partial charge is 0.395 e. The van der Waals surface area contributed by atoms with Crippen LogP contribution in [0.25, 0.3) is 0 Å². The van der Waals surface area contributed by atoms with Crippen LogP contribution >= 0.6 is 11.8 Å². The minimum atomic E-state index is -0.0208. The van der Waals surface area contributed by atoms with Gasteiger partial charge in [0.05, 0.1) is 6.61 Å². The first-order valence-electron chi connectivity index (χ1n) is 7.26. The van der Waals surface area contributed by atoms with Crippen molar-refractivity contribution >= 4 is 17.7 Å². The maximum Gasteiger partial charge on any atom is 0.251 e. The van der Waals surface area contributed by atoms with Gasteiger partial charge in [-0.3, -0.25) is 4.79 Å². The van der Waals surface area contributed by atoms with Gasteiger partial charge < -0.3 is 10.4 Å². The van der Waals surface area contributed by atoms with E-state index in [1.807, 2.05) is 30.0 Å². The summed E-state index contributed by atoms with van der Waals surface area (Å²) in [6, 6.07) is 7.63. The van der Waals surface area contributed by atoms with E-state index in [0.29, 0.717) is 23.3 Å². The highest BCUT2D eigenvalue weighted by Crippen LogP contribution is 2.28. The van der Waals surface area contributed by atoms with E-state index < -0.39 is 0 Å². The molecule has 1 aliphatic rings. The Kier molecular flexibility index (Phi) is 6.16. The number of hydrogen-bond donors (Lipinski definition) is 2. The molecule has 112 valence electrons. The fraction of sp³-hybridized carbons (Fsp3) is 0.471. The third kappa shape index (κ3) is 4.80. The summed E-state index contributed by atoms with van der Waals surface area (Å²) in [6.45, 7) is 0.0610. The van der Waals surface area contributed by atoms with Gasteiger partial charge in [-0.05, 0) is 43.7 Å². The number of benzene rings is 1. The van der Waals surface area contributed by atoms with E-state index >= 15 is 0 Å². The molecule has 1 aliphatic carbocycles. The molecule has 0 bridgehead atoms. The molecule has 0 spiro atoms. The second-order valence-corrected chi connectivity index (χ2v) is 6.34. The molecular formula is C17H21NO2S. The second kappa shape index (κ2) is 8.11. The highest BCUT2D eigenvalue weighted by atomic mass is 32.2. The maximum atomic E-state index is 12.3. The van der Waals surface area contributed by atoms with Crippen LogP contribution in [0.4, 0.5) is 0 Å². The molecule has 2 N–H and O–H groups in total. The van der Waals surface area contributed by atoms with Crippen LogP contribution in [0.2, 0.25) is 0 Å². The van der Waals surface area contributed by atoms with E-state index in [1.165, 1.54) is 6.42 Å². The van der Waals surface area contributed by atoms with Crippen molar-refractivity contribution in [1.29, 1.82) is 0 Å². The van der Waals surface area contributed by atoms with Gasteiger partial charge >= 0.3 is 0 Å². The van der Waals surface area contributed by atoms with Gasteiger partial charge in [0.2, 0.25) is 0 Å². The lowest BCUT2D eigenvalue weighted by Crippen LogP contribution is -2.33. The number of aliphatic hydroxyl groups is 1. The summed E-state index contributed by atoms with van der Waals surface area (Å²) < 4.78 is 0. The summed E-state index contributed by atoms with van der Waals surface area (Å²) in [7, 11) is 0. The van der Waals surface area contributed by atoms with E-state index in [9.17, 15) is 4.79 Å². The summed E-state index contributed by atoms with van der Waals surface area (Å²) in [5.41, 5.74) is 1.46. The third-order valence-electron chi connectivity index (χ3n) is 3.65. The van der Waals surface area contributed by atoms with Gasteiger partial charge in [0.1, 0.15) is 0 Å². The van der Waals surface area contributed by atoms with Gasteiger partial charge in [-0.15, -0.1) is 0 Å². The molecule has 1 aromatic carbocycles. The van der Waals surface area contributed by atoms with Crippen LogP contribution in [0.15, 0.2) is 24.3 Å². The Morgan fingerprint density at radius 1 is 1.48 bits per heavy atom. The zero-order valence-corrected chi connectivity index (χ0v) is 13.1. The molecule has 4 heteroatoms. The Hall–Kier alpha value is -1.44. The number of aliphatic hydroxyl groups excluding tert-OH is 1. The molecule has 3 nitrogen and oxygen atoms in total. The van der Waals surface area contributed by atoms with Crippen LogP contribution < -0.4 is 5.32 Å². The van der Waals surface area contributed by atoms with Gasteiger partial charge in [-0.25, -0.2) is 0 Å². The average molecular weight is 303 g/mol. The van der Waals surface area contributed by atoms with E-state index in [4.69, 9.17) is 5.11 Å². The van der Waals surface area contributed by atoms with Crippen LogP contribution in [0.5, 0.6) is 0 Å². The lowest BCUT2D eigenvalue weighted by Gasteiger charge is -2.13.